The van der Waals surface area contributed by atoms with E-state index >= 15 is 0 Å². The van der Waals surface area contributed by atoms with Crippen molar-refractivity contribution in [3.05, 3.63) is 70.7 Å². The second kappa shape index (κ2) is 8.05. The molecule has 2 aromatic heterocycles. The lowest BCUT2D eigenvalue weighted by molar-refractivity contribution is -0.122. The Morgan fingerprint density at radius 1 is 1.24 bits per heavy atom. The number of carbonyl (C=O) groups excluding carboxylic acids is 1. The number of aromatic amines is 1. The maximum atomic E-state index is 12.5. The Bertz CT molecular complexity index is 1190. The van der Waals surface area contributed by atoms with Crippen LogP contribution in [-0.4, -0.2) is 20.7 Å². The third kappa shape index (κ3) is 4.14. The molecule has 4 aromatic rings. The Labute approximate surface area is 173 Å². The fourth-order valence-electron chi connectivity index (χ4n) is 3.34. The van der Waals surface area contributed by atoms with Crippen LogP contribution in [0.1, 0.15) is 30.7 Å². The lowest BCUT2D eigenvalue weighted by Crippen LogP contribution is -2.27. The van der Waals surface area contributed by atoms with Gasteiger partial charge in [0, 0.05) is 23.9 Å². The van der Waals surface area contributed by atoms with Gasteiger partial charge in [0.15, 0.2) is 10.6 Å². The number of aromatic nitrogens is 3. The summed E-state index contributed by atoms with van der Waals surface area (Å²) in [6.07, 6.45) is 0.289. The summed E-state index contributed by atoms with van der Waals surface area (Å²) in [4.78, 5) is 12.5. The van der Waals surface area contributed by atoms with Gasteiger partial charge in [0.05, 0.1) is 6.04 Å². The summed E-state index contributed by atoms with van der Waals surface area (Å²) in [5.74, 6) is 1.40. The molecule has 4 rings (SSSR count). The molecule has 1 unspecified atom stereocenters. The van der Waals surface area contributed by atoms with Crippen LogP contribution in [0.4, 0.5) is 0 Å². The molecule has 2 aromatic carbocycles. The molecule has 2 heterocycles. The highest BCUT2D eigenvalue weighted by molar-refractivity contribution is 7.71. The van der Waals surface area contributed by atoms with Gasteiger partial charge >= 0.3 is 0 Å². The van der Waals surface area contributed by atoms with Crippen molar-refractivity contribution in [2.24, 2.45) is 0 Å². The number of carbonyl (C=O) groups is 1. The van der Waals surface area contributed by atoms with Gasteiger partial charge in [-0.25, -0.2) is 0 Å². The van der Waals surface area contributed by atoms with E-state index in [1.54, 1.807) is 0 Å². The van der Waals surface area contributed by atoms with Crippen molar-refractivity contribution in [1.82, 2.24) is 20.1 Å². The van der Waals surface area contributed by atoms with Crippen molar-refractivity contribution in [2.75, 3.05) is 0 Å². The van der Waals surface area contributed by atoms with E-state index in [1.807, 2.05) is 73.0 Å². The lowest BCUT2D eigenvalue weighted by Gasteiger charge is -2.12. The van der Waals surface area contributed by atoms with E-state index in [0.29, 0.717) is 11.3 Å². The van der Waals surface area contributed by atoms with E-state index < -0.39 is 0 Å². The Morgan fingerprint density at radius 3 is 2.86 bits per heavy atom. The Hall–Kier alpha value is -3.19. The zero-order valence-electron chi connectivity index (χ0n) is 16.3. The molecule has 1 atom stereocenters. The molecule has 0 aliphatic rings. The monoisotopic (exact) mass is 406 g/mol. The topological polar surface area (TPSA) is 75.8 Å². The van der Waals surface area contributed by atoms with Gasteiger partial charge in [-0.05, 0) is 44.3 Å². The summed E-state index contributed by atoms with van der Waals surface area (Å²) in [6.45, 7) is 4.39. The first-order valence-electron chi connectivity index (χ1n) is 9.51. The summed E-state index contributed by atoms with van der Waals surface area (Å²) in [5.41, 5.74) is 2.92. The fourth-order valence-corrected chi connectivity index (χ4v) is 3.57. The molecule has 0 saturated heterocycles. The quantitative estimate of drug-likeness (QED) is 0.445. The van der Waals surface area contributed by atoms with Crippen LogP contribution >= 0.6 is 12.2 Å². The molecular weight excluding hydrogens is 384 g/mol. The lowest BCUT2D eigenvalue weighted by atomic mass is 10.1. The highest BCUT2D eigenvalue weighted by Crippen LogP contribution is 2.24. The molecule has 0 fully saturated rings. The molecule has 0 saturated carbocycles. The summed E-state index contributed by atoms with van der Waals surface area (Å²) in [7, 11) is 0. The van der Waals surface area contributed by atoms with E-state index in [1.165, 1.54) is 0 Å². The minimum Gasteiger partial charge on any atom is -0.459 e. The van der Waals surface area contributed by atoms with Crippen molar-refractivity contribution >= 4 is 29.1 Å². The second-order valence-electron chi connectivity index (χ2n) is 7.10. The standard InChI is InChI=1S/C22H22N4O2S/c1-14-6-5-8-17(12-14)21-24-25-22(29)26(21)11-10-20(27)23-15(2)19-13-16-7-3-4-9-18(16)28-19/h3-9,12-13,15H,10-11H2,1-2H3,(H,23,27)(H,25,29). The molecule has 1 amide bonds. The van der Waals surface area contributed by atoms with Gasteiger partial charge in [-0.15, -0.1) is 0 Å². The summed E-state index contributed by atoms with van der Waals surface area (Å²) >= 11 is 5.36. The van der Waals surface area contributed by atoms with Gasteiger partial charge in [0.1, 0.15) is 11.3 Å². The zero-order chi connectivity index (χ0) is 20.4. The highest BCUT2D eigenvalue weighted by atomic mass is 32.1. The molecule has 7 heteroatoms. The minimum atomic E-state index is -0.219. The maximum absolute atomic E-state index is 12.5. The first-order chi connectivity index (χ1) is 14.0. The Balaban J connectivity index is 1.43. The number of amides is 1. The van der Waals surface area contributed by atoms with Gasteiger partial charge in [-0.1, -0.05) is 42.0 Å². The SMILES string of the molecule is Cc1cccc(-c2n[nH]c(=S)n2CCC(=O)NC(C)c2cc3ccccc3o2)c1. The van der Waals surface area contributed by atoms with Gasteiger partial charge in [-0.2, -0.15) is 5.10 Å². The number of rotatable bonds is 6. The van der Waals surface area contributed by atoms with Crippen LogP contribution in [0.3, 0.4) is 0 Å². The van der Waals surface area contributed by atoms with Crippen molar-refractivity contribution in [3.63, 3.8) is 0 Å². The predicted molar refractivity (Wildman–Crippen MR) is 115 cm³/mol. The Kier molecular flexibility index (Phi) is 5.31. The van der Waals surface area contributed by atoms with Gasteiger partial charge in [0.2, 0.25) is 5.91 Å². The van der Waals surface area contributed by atoms with Crippen LogP contribution in [0, 0.1) is 11.7 Å². The molecule has 2 N–H and O–H groups in total. The third-order valence-electron chi connectivity index (χ3n) is 4.85. The van der Waals surface area contributed by atoms with Gasteiger partial charge in [-0.3, -0.25) is 14.5 Å². The van der Waals surface area contributed by atoms with Crippen LogP contribution in [0.15, 0.2) is 59.0 Å². The van der Waals surface area contributed by atoms with Crippen molar-refractivity contribution in [1.29, 1.82) is 0 Å². The van der Waals surface area contributed by atoms with Gasteiger partial charge in [0.25, 0.3) is 0 Å². The van der Waals surface area contributed by atoms with Crippen LogP contribution in [0.5, 0.6) is 0 Å². The number of aryl methyl sites for hydroxylation is 1. The average molecular weight is 407 g/mol. The number of fused-ring (bicyclic) bond motifs is 1. The van der Waals surface area contributed by atoms with Crippen LogP contribution in [-0.2, 0) is 11.3 Å². The molecule has 0 radical (unpaired) electrons. The van der Waals surface area contributed by atoms with Crippen LogP contribution in [0.25, 0.3) is 22.4 Å². The van der Waals surface area contributed by atoms with Crippen molar-refractivity contribution in [3.8, 4) is 11.4 Å². The van der Waals surface area contributed by atoms with E-state index in [2.05, 4.69) is 15.5 Å². The van der Waals surface area contributed by atoms with Crippen molar-refractivity contribution in [2.45, 2.75) is 32.9 Å². The average Bonchev–Trinajstić information content (AvgIpc) is 3.30. The van der Waals surface area contributed by atoms with Gasteiger partial charge < -0.3 is 9.73 Å². The molecule has 0 spiro atoms. The number of hydrogen-bond donors (Lipinski definition) is 2. The molecule has 0 aliphatic heterocycles. The van der Waals surface area contributed by atoms with Crippen LogP contribution in [0.2, 0.25) is 0 Å². The fraction of sp³-hybridized carbons (Fsp3) is 0.227. The number of nitrogens with one attached hydrogen (secondary N) is 2. The highest BCUT2D eigenvalue weighted by Gasteiger charge is 2.15. The predicted octanol–water partition coefficient (Wildman–Crippen LogP) is 4.93. The number of benzene rings is 2. The molecule has 6 nitrogen and oxygen atoms in total. The van der Waals surface area contributed by atoms with Crippen LogP contribution < -0.4 is 5.32 Å². The second-order valence-corrected chi connectivity index (χ2v) is 7.49. The molecule has 29 heavy (non-hydrogen) atoms. The summed E-state index contributed by atoms with van der Waals surface area (Å²) < 4.78 is 8.19. The first kappa shape index (κ1) is 19.1. The third-order valence-corrected chi connectivity index (χ3v) is 5.16. The first-order valence-corrected chi connectivity index (χ1v) is 9.92. The number of H-pyrrole nitrogens is 1. The number of furan rings is 1. The molecule has 0 bridgehead atoms. The van der Waals surface area contributed by atoms with E-state index in [0.717, 1.165) is 33.7 Å². The van der Waals surface area contributed by atoms with E-state index in [-0.39, 0.29) is 18.4 Å². The number of nitrogens with zero attached hydrogens (tertiary/aromatic N) is 2. The van der Waals surface area contributed by atoms with E-state index in [9.17, 15) is 4.79 Å². The zero-order valence-corrected chi connectivity index (χ0v) is 17.1. The largest absolute Gasteiger partial charge is 0.459 e. The normalized spacial score (nSPS) is 12.2. The maximum Gasteiger partial charge on any atom is 0.222 e. The van der Waals surface area contributed by atoms with E-state index in [4.69, 9.17) is 16.6 Å². The molecule has 148 valence electrons. The summed E-state index contributed by atoms with van der Waals surface area (Å²) in [5, 5.41) is 11.2. The summed E-state index contributed by atoms with van der Waals surface area (Å²) in [6, 6.07) is 17.6. The smallest absolute Gasteiger partial charge is 0.222 e. The molecular formula is C22H22N4O2S. The van der Waals surface area contributed by atoms with Crippen molar-refractivity contribution < 1.29 is 9.21 Å². The number of hydrogen-bond acceptors (Lipinski definition) is 4. The minimum absolute atomic E-state index is 0.0729. The molecule has 0 aliphatic carbocycles. The Morgan fingerprint density at radius 2 is 2.07 bits per heavy atom. The number of para-hydroxylation sites is 1.